The molecular formula is C12H18N4O2. The van der Waals surface area contributed by atoms with Crippen LogP contribution >= 0.6 is 0 Å². The van der Waals surface area contributed by atoms with Crippen molar-refractivity contribution in [1.29, 1.82) is 0 Å². The maximum Gasteiger partial charge on any atom is 0.271 e. The number of hydrogen-bond donors (Lipinski definition) is 2. The first-order valence-electron chi connectivity index (χ1n) is 6.00. The summed E-state index contributed by atoms with van der Waals surface area (Å²) in [5, 5.41) is 2.89. The molecule has 1 saturated carbocycles. The molecule has 2 rings (SSSR count). The summed E-state index contributed by atoms with van der Waals surface area (Å²) in [6.45, 7) is 1.40. The van der Waals surface area contributed by atoms with E-state index in [0.29, 0.717) is 18.1 Å². The van der Waals surface area contributed by atoms with Crippen LogP contribution in [0.3, 0.4) is 0 Å². The zero-order valence-corrected chi connectivity index (χ0v) is 10.5. The molecule has 98 valence electrons. The van der Waals surface area contributed by atoms with Crippen LogP contribution in [0.1, 0.15) is 29.8 Å². The second-order valence-electron chi connectivity index (χ2n) is 4.75. The Morgan fingerprint density at radius 3 is 2.83 bits per heavy atom. The molecule has 0 bridgehead atoms. The highest BCUT2D eigenvalue weighted by Gasteiger charge is 2.42. The van der Waals surface area contributed by atoms with Crippen LogP contribution in [0, 0.1) is 5.41 Å². The van der Waals surface area contributed by atoms with Crippen LogP contribution in [0.25, 0.3) is 0 Å². The molecule has 6 heteroatoms. The van der Waals surface area contributed by atoms with Crippen molar-refractivity contribution < 1.29 is 9.53 Å². The second-order valence-corrected chi connectivity index (χ2v) is 4.75. The van der Waals surface area contributed by atoms with Crippen LogP contribution < -0.4 is 11.1 Å². The number of hydrogen-bond acceptors (Lipinski definition) is 5. The molecular weight excluding hydrogens is 232 g/mol. The fourth-order valence-corrected chi connectivity index (χ4v) is 1.82. The molecule has 3 N–H and O–H groups in total. The van der Waals surface area contributed by atoms with Gasteiger partial charge in [0.1, 0.15) is 11.5 Å². The molecule has 1 aromatic heterocycles. The van der Waals surface area contributed by atoms with E-state index in [1.807, 2.05) is 0 Å². The molecule has 0 radical (unpaired) electrons. The van der Waals surface area contributed by atoms with E-state index in [1.165, 1.54) is 12.4 Å². The molecule has 1 aliphatic rings. The number of anilines is 1. The SMILES string of the molecule is COCCC1(CNC(=O)c2cnc(N)cn2)CC1. The Hall–Kier alpha value is -1.69. The first-order valence-corrected chi connectivity index (χ1v) is 6.00. The summed E-state index contributed by atoms with van der Waals surface area (Å²) < 4.78 is 5.07. The number of nitrogens with two attached hydrogens (primary N) is 1. The van der Waals surface area contributed by atoms with E-state index < -0.39 is 0 Å². The van der Waals surface area contributed by atoms with Gasteiger partial charge in [-0.3, -0.25) is 4.79 Å². The predicted molar refractivity (Wildman–Crippen MR) is 66.9 cm³/mol. The molecule has 1 amide bonds. The van der Waals surface area contributed by atoms with Crippen molar-refractivity contribution in [2.24, 2.45) is 5.41 Å². The molecule has 1 aliphatic carbocycles. The van der Waals surface area contributed by atoms with Gasteiger partial charge in [-0.2, -0.15) is 0 Å². The second kappa shape index (κ2) is 5.30. The smallest absolute Gasteiger partial charge is 0.271 e. The fourth-order valence-electron chi connectivity index (χ4n) is 1.82. The zero-order chi connectivity index (χ0) is 13.0. The molecule has 0 saturated heterocycles. The van der Waals surface area contributed by atoms with Crippen LogP contribution in [0.15, 0.2) is 12.4 Å². The summed E-state index contributed by atoms with van der Waals surface area (Å²) in [6, 6.07) is 0. The van der Waals surface area contributed by atoms with E-state index in [9.17, 15) is 4.79 Å². The van der Waals surface area contributed by atoms with Crippen LogP contribution in [-0.2, 0) is 4.74 Å². The number of methoxy groups -OCH3 is 1. The van der Waals surface area contributed by atoms with E-state index in [1.54, 1.807) is 7.11 Å². The summed E-state index contributed by atoms with van der Waals surface area (Å²) in [5.74, 6) is 0.108. The number of nitrogen functional groups attached to an aromatic ring is 1. The molecule has 18 heavy (non-hydrogen) atoms. The van der Waals surface area contributed by atoms with Gasteiger partial charge in [-0.05, 0) is 24.7 Å². The monoisotopic (exact) mass is 250 g/mol. The topological polar surface area (TPSA) is 90.1 Å². The van der Waals surface area contributed by atoms with E-state index >= 15 is 0 Å². The average molecular weight is 250 g/mol. The van der Waals surface area contributed by atoms with Gasteiger partial charge in [-0.25, -0.2) is 9.97 Å². The number of rotatable bonds is 6. The molecule has 0 unspecified atom stereocenters. The lowest BCUT2D eigenvalue weighted by Crippen LogP contribution is -2.31. The predicted octanol–water partition coefficient (Wildman–Crippen LogP) is 0.605. The maximum absolute atomic E-state index is 11.8. The van der Waals surface area contributed by atoms with Gasteiger partial charge >= 0.3 is 0 Å². The Balaban J connectivity index is 1.83. The van der Waals surface area contributed by atoms with Gasteiger partial charge < -0.3 is 15.8 Å². The largest absolute Gasteiger partial charge is 0.385 e. The van der Waals surface area contributed by atoms with E-state index in [4.69, 9.17) is 10.5 Å². The maximum atomic E-state index is 11.8. The first-order chi connectivity index (χ1) is 8.65. The Kier molecular flexibility index (Phi) is 3.76. The third kappa shape index (κ3) is 3.16. The van der Waals surface area contributed by atoms with Crippen LogP contribution in [0.4, 0.5) is 5.82 Å². The highest BCUT2D eigenvalue weighted by atomic mass is 16.5. The van der Waals surface area contributed by atoms with Crippen molar-refractivity contribution in [2.75, 3.05) is 26.0 Å². The molecule has 0 atom stereocenters. The van der Waals surface area contributed by atoms with Gasteiger partial charge in [0.25, 0.3) is 5.91 Å². The quantitative estimate of drug-likeness (QED) is 0.771. The van der Waals surface area contributed by atoms with E-state index in [0.717, 1.165) is 25.9 Å². The minimum atomic E-state index is -0.203. The van der Waals surface area contributed by atoms with E-state index in [-0.39, 0.29) is 11.3 Å². The minimum Gasteiger partial charge on any atom is -0.385 e. The highest BCUT2D eigenvalue weighted by Crippen LogP contribution is 2.48. The lowest BCUT2D eigenvalue weighted by Gasteiger charge is -2.15. The number of amides is 1. The number of carbonyl (C=O) groups is 1. The van der Waals surface area contributed by atoms with Crippen molar-refractivity contribution in [3.8, 4) is 0 Å². The number of carbonyl (C=O) groups excluding carboxylic acids is 1. The van der Waals surface area contributed by atoms with Gasteiger partial charge in [0, 0.05) is 20.3 Å². The fraction of sp³-hybridized carbons (Fsp3) is 0.583. The molecule has 1 heterocycles. The Labute approximate surface area is 106 Å². The van der Waals surface area contributed by atoms with E-state index in [2.05, 4.69) is 15.3 Å². The molecule has 0 spiro atoms. The zero-order valence-electron chi connectivity index (χ0n) is 10.5. The standard InChI is InChI=1S/C12H18N4O2/c1-18-5-4-12(2-3-12)8-16-11(17)9-6-15-10(13)7-14-9/h6-7H,2-5,8H2,1H3,(H2,13,15)(H,16,17). The first kappa shape index (κ1) is 12.8. The van der Waals surface area contributed by atoms with Crippen molar-refractivity contribution in [2.45, 2.75) is 19.3 Å². The van der Waals surface area contributed by atoms with Crippen LogP contribution in [0.5, 0.6) is 0 Å². The summed E-state index contributed by atoms with van der Waals surface area (Å²) in [6.07, 6.45) is 6.04. The molecule has 1 fully saturated rings. The van der Waals surface area contributed by atoms with Gasteiger partial charge in [0.05, 0.1) is 12.4 Å². The molecule has 0 aliphatic heterocycles. The minimum absolute atomic E-state index is 0.203. The summed E-state index contributed by atoms with van der Waals surface area (Å²) >= 11 is 0. The third-order valence-corrected chi connectivity index (χ3v) is 3.32. The lowest BCUT2D eigenvalue weighted by atomic mass is 10.0. The van der Waals surface area contributed by atoms with Crippen molar-refractivity contribution in [3.05, 3.63) is 18.1 Å². The number of nitrogens with zero attached hydrogens (tertiary/aromatic N) is 2. The number of aromatic nitrogens is 2. The summed E-state index contributed by atoms with van der Waals surface area (Å²) in [5.41, 5.74) is 5.94. The van der Waals surface area contributed by atoms with Crippen molar-refractivity contribution >= 4 is 11.7 Å². The van der Waals surface area contributed by atoms with Crippen molar-refractivity contribution in [3.63, 3.8) is 0 Å². The van der Waals surface area contributed by atoms with Gasteiger partial charge in [-0.15, -0.1) is 0 Å². The van der Waals surface area contributed by atoms with Crippen LogP contribution in [0.2, 0.25) is 0 Å². The normalized spacial score (nSPS) is 16.3. The Morgan fingerprint density at radius 1 is 1.50 bits per heavy atom. The highest BCUT2D eigenvalue weighted by molar-refractivity contribution is 5.92. The molecule has 1 aromatic rings. The van der Waals surface area contributed by atoms with Gasteiger partial charge in [-0.1, -0.05) is 0 Å². The summed E-state index contributed by atoms with van der Waals surface area (Å²) in [7, 11) is 1.69. The number of ether oxygens (including phenoxy) is 1. The van der Waals surface area contributed by atoms with Crippen LogP contribution in [-0.4, -0.2) is 36.1 Å². The molecule has 6 nitrogen and oxygen atoms in total. The molecule has 0 aromatic carbocycles. The van der Waals surface area contributed by atoms with Crippen molar-refractivity contribution in [1.82, 2.24) is 15.3 Å². The average Bonchev–Trinajstić information content (AvgIpc) is 3.15. The Morgan fingerprint density at radius 2 is 2.28 bits per heavy atom. The number of nitrogens with one attached hydrogen (secondary N) is 1. The Bertz CT molecular complexity index is 415. The summed E-state index contributed by atoms with van der Waals surface area (Å²) in [4.78, 5) is 19.6. The van der Waals surface area contributed by atoms with Gasteiger partial charge in [0.2, 0.25) is 0 Å². The lowest BCUT2D eigenvalue weighted by molar-refractivity contribution is 0.0932. The van der Waals surface area contributed by atoms with Gasteiger partial charge in [0.15, 0.2) is 0 Å². The third-order valence-electron chi connectivity index (χ3n) is 3.32.